The Kier molecular flexibility index (Phi) is 4.88. The Labute approximate surface area is 160 Å². The summed E-state index contributed by atoms with van der Waals surface area (Å²) >= 11 is 1.97. The lowest BCUT2D eigenvalue weighted by atomic mass is 9.77. The SMILES string of the molecule is Cc1ccc(C2CSc3cc(C)ccc3C2c2cccc(CO)c2)cc1. The minimum atomic E-state index is 0.0886. The first-order valence-corrected chi connectivity index (χ1v) is 10.1. The molecule has 1 aliphatic heterocycles. The van der Waals surface area contributed by atoms with Crippen LogP contribution < -0.4 is 0 Å². The minimum Gasteiger partial charge on any atom is -0.392 e. The van der Waals surface area contributed by atoms with Gasteiger partial charge >= 0.3 is 0 Å². The Morgan fingerprint density at radius 2 is 1.65 bits per heavy atom. The van der Waals surface area contributed by atoms with Gasteiger partial charge in [0.2, 0.25) is 0 Å². The molecule has 132 valence electrons. The average molecular weight is 361 g/mol. The van der Waals surface area contributed by atoms with Crippen LogP contribution in [0.25, 0.3) is 0 Å². The normalized spacial score (nSPS) is 19.2. The Hall–Kier alpha value is -2.03. The topological polar surface area (TPSA) is 20.2 Å². The molecule has 3 aromatic rings. The molecule has 0 saturated carbocycles. The third-order valence-corrected chi connectivity index (χ3v) is 6.51. The van der Waals surface area contributed by atoms with Crippen molar-refractivity contribution in [2.24, 2.45) is 0 Å². The van der Waals surface area contributed by atoms with Crippen LogP contribution in [0.1, 0.15) is 45.2 Å². The molecule has 0 spiro atoms. The Morgan fingerprint density at radius 3 is 2.42 bits per heavy atom. The molecule has 0 aromatic heterocycles. The van der Waals surface area contributed by atoms with Crippen LogP contribution in [0.4, 0.5) is 0 Å². The summed E-state index contributed by atoms with van der Waals surface area (Å²) in [5.41, 5.74) is 7.70. The van der Waals surface area contributed by atoms with E-state index in [2.05, 4.69) is 74.5 Å². The van der Waals surface area contributed by atoms with Gasteiger partial charge in [0, 0.05) is 22.5 Å². The van der Waals surface area contributed by atoms with E-state index in [1.54, 1.807) is 0 Å². The van der Waals surface area contributed by atoms with Crippen LogP contribution in [0, 0.1) is 13.8 Å². The zero-order chi connectivity index (χ0) is 18.1. The Morgan fingerprint density at radius 1 is 0.885 bits per heavy atom. The molecule has 0 radical (unpaired) electrons. The van der Waals surface area contributed by atoms with Crippen LogP contribution in [0.3, 0.4) is 0 Å². The maximum Gasteiger partial charge on any atom is 0.0681 e. The van der Waals surface area contributed by atoms with Gasteiger partial charge in [-0.3, -0.25) is 0 Å². The van der Waals surface area contributed by atoms with Gasteiger partial charge in [-0.05, 0) is 47.7 Å². The summed E-state index contributed by atoms with van der Waals surface area (Å²) in [4.78, 5) is 1.40. The van der Waals surface area contributed by atoms with E-state index in [9.17, 15) is 5.11 Å². The fourth-order valence-corrected chi connectivity index (χ4v) is 5.29. The summed E-state index contributed by atoms with van der Waals surface area (Å²) in [6.45, 7) is 4.39. The molecule has 2 atom stereocenters. The van der Waals surface area contributed by atoms with Gasteiger partial charge in [0.15, 0.2) is 0 Å². The highest BCUT2D eigenvalue weighted by molar-refractivity contribution is 7.99. The quantitative estimate of drug-likeness (QED) is 0.635. The summed E-state index contributed by atoms with van der Waals surface area (Å²) in [5, 5.41) is 9.60. The monoisotopic (exact) mass is 360 g/mol. The van der Waals surface area contributed by atoms with Crippen molar-refractivity contribution in [3.05, 3.63) is 100 Å². The standard InChI is InChI=1S/C24H24OS/c1-16-6-9-19(10-7-16)22-15-26-23-12-17(2)8-11-21(23)24(22)20-5-3-4-18(13-20)14-25/h3-13,22,24-25H,14-15H2,1-2H3. The van der Waals surface area contributed by atoms with Crippen LogP contribution in [-0.2, 0) is 6.61 Å². The number of fused-ring (bicyclic) bond motifs is 1. The molecule has 2 unspecified atom stereocenters. The van der Waals surface area contributed by atoms with E-state index in [1.165, 1.54) is 32.7 Å². The van der Waals surface area contributed by atoms with Gasteiger partial charge in [-0.25, -0.2) is 0 Å². The van der Waals surface area contributed by atoms with E-state index in [-0.39, 0.29) is 6.61 Å². The third-order valence-electron chi connectivity index (χ3n) is 5.32. The summed E-state index contributed by atoms with van der Waals surface area (Å²) in [7, 11) is 0. The van der Waals surface area contributed by atoms with E-state index in [0.717, 1.165) is 11.3 Å². The highest BCUT2D eigenvalue weighted by atomic mass is 32.2. The number of hydrogen-bond acceptors (Lipinski definition) is 2. The van der Waals surface area contributed by atoms with Gasteiger partial charge in [-0.2, -0.15) is 0 Å². The molecule has 1 N–H and O–H groups in total. The molecule has 26 heavy (non-hydrogen) atoms. The summed E-state index contributed by atoms with van der Waals surface area (Å²) in [5.74, 6) is 1.83. The van der Waals surface area contributed by atoms with Crippen molar-refractivity contribution in [2.75, 3.05) is 5.75 Å². The highest BCUT2D eigenvalue weighted by Crippen LogP contribution is 2.49. The van der Waals surface area contributed by atoms with Gasteiger partial charge in [-0.1, -0.05) is 66.2 Å². The predicted octanol–water partition coefficient (Wildman–Crippen LogP) is 5.82. The maximum absolute atomic E-state index is 9.60. The number of aliphatic hydroxyl groups is 1. The van der Waals surface area contributed by atoms with Gasteiger partial charge in [0.25, 0.3) is 0 Å². The van der Waals surface area contributed by atoms with E-state index < -0.39 is 0 Å². The zero-order valence-electron chi connectivity index (χ0n) is 15.3. The predicted molar refractivity (Wildman–Crippen MR) is 110 cm³/mol. The van der Waals surface area contributed by atoms with Gasteiger partial charge in [0.05, 0.1) is 6.61 Å². The first-order chi connectivity index (χ1) is 12.7. The molecule has 0 fully saturated rings. The molecular weight excluding hydrogens is 336 g/mol. The number of rotatable bonds is 3. The van der Waals surface area contributed by atoms with Crippen molar-refractivity contribution < 1.29 is 5.11 Å². The van der Waals surface area contributed by atoms with Crippen molar-refractivity contribution in [2.45, 2.75) is 37.2 Å². The smallest absolute Gasteiger partial charge is 0.0681 e. The number of benzene rings is 3. The Balaban J connectivity index is 1.85. The molecule has 1 aliphatic rings. The van der Waals surface area contributed by atoms with E-state index in [1.807, 2.05) is 17.8 Å². The summed E-state index contributed by atoms with van der Waals surface area (Å²) in [6.07, 6.45) is 0. The minimum absolute atomic E-state index is 0.0886. The lowest BCUT2D eigenvalue weighted by Gasteiger charge is -2.34. The number of thioether (sulfide) groups is 1. The van der Waals surface area contributed by atoms with E-state index in [4.69, 9.17) is 0 Å². The number of aryl methyl sites for hydroxylation is 2. The van der Waals surface area contributed by atoms with Gasteiger partial charge in [-0.15, -0.1) is 11.8 Å². The molecule has 2 heteroatoms. The molecule has 0 aliphatic carbocycles. The maximum atomic E-state index is 9.60. The number of aliphatic hydroxyl groups excluding tert-OH is 1. The van der Waals surface area contributed by atoms with Gasteiger partial charge in [0.1, 0.15) is 0 Å². The second-order valence-corrected chi connectivity index (χ2v) is 8.31. The zero-order valence-corrected chi connectivity index (χ0v) is 16.1. The first-order valence-electron chi connectivity index (χ1n) is 9.15. The van der Waals surface area contributed by atoms with Crippen molar-refractivity contribution in [3.8, 4) is 0 Å². The van der Waals surface area contributed by atoms with E-state index in [0.29, 0.717) is 11.8 Å². The van der Waals surface area contributed by atoms with E-state index >= 15 is 0 Å². The molecule has 0 amide bonds. The summed E-state index contributed by atoms with van der Waals surface area (Å²) < 4.78 is 0. The molecule has 0 saturated heterocycles. The van der Waals surface area contributed by atoms with Crippen LogP contribution in [0.5, 0.6) is 0 Å². The molecular formula is C24H24OS. The first kappa shape index (κ1) is 17.4. The van der Waals surface area contributed by atoms with Crippen molar-refractivity contribution in [3.63, 3.8) is 0 Å². The molecule has 3 aromatic carbocycles. The second kappa shape index (κ2) is 7.30. The molecule has 1 nitrogen and oxygen atoms in total. The van der Waals surface area contributed by atoms with Crippen LogP contribution in [-0.4, -0.2) is 10.9 Å². The molecule has 1 heterocycles. The highest BCUT2D eigenvalue weighted by Gasteiger charge is 2.32. The van der Waals surface area contributed by atoms with Crippen LogP contribution in [0.15, 0.2) is 71.6 Å². The second-order valence-electron chi connectivity index (χ2n) is 7.25. The summed E-state index contributed by atoms with van der Waals surface area (Å²) in [6, 6.07) is 24.3. The lowest BCUT2D eigenvalue weighted by Crippen LogP contribution is -2.20. The largest absolute Gasteiger partial charge is 0.392 e. The van der Waals surface area contributed by atoms with Crippen molar-refractivity contribution >= 4 is 11.8 Å². The Bertz CT molecular complexity index is 914. The average Bonchev–Trinajstić information content (AvgIpc) is 2.67. The van der Waals surface area contributed by atoms with Crippen molar-refractivity contribution in [1.82, 2.24) is 0 Å². The van der Waals surface area contributed by atoms with Crippen molar-refractivity contribution in [1.29, 1.82) is 0 Å². The third kappa shape index (κ3) is 3.32. The fraction of sp³-hybridized carbons (Fsp3) is 0.250. The van der Waals surface area contributed by atoms with Gasteiger partial charge < -0.3 is 5.11 Å². The lowest BCUT2D eigenvalue weighted by molar-refractivity contribution is 0.281. The molecule has 0 bridgehead atoms. The number of hydrogen-bond donors (Lipinski definition) is 1. The van der Waals surface area contributed by atoms with Crippen LogP contribution in [0.2, 0.25) is 0 Å². The molecule has 4 rings (SSSR count). The van der Waals surface area contributed by atoms with Crippen LogP contribution >= 0.6 is 11.8 Å². The fourth-order valence-electron chi connectivity index (χ4n) is 3.92.